The van der Waals surface area contributed by atoms with E-state index in [4.69, 9.17) is 0 Å². The lowest BCUT2D eigenvalue weighted by Crippen LogP contribution is -3.00. The molecule has 0 bridgehead atoms. The van der Waals surface area contributed by atoms with E-state index in [0.717, 1.165) is 0 Å². The van der Waals surface area contributed by atoms with E-state index in [-0.39, 0.29) is 0 Å². The van der Waals surface area contributed by atoms with Gasteiger partial charge in [-0.25, -0.2) is 23.1 Å². The van der Waals surface area contributed by atoms with Crippen LogP contribution in [0, 0.1) is 0 Å². The first kappa shape index (κ1) is 24.5. The number of rotatable bonds is 1. The van der Waals surface area contributed by atoms with Crippen LogP contribution in [-0.2, 0) is 9.90 Å². The Morgan fingerprint density at radius 1 is 0.367 bits per heavy atom. The van der Waals surface area contributed by atoms with Crippen LogP contribution in [-0.4, -0.2) is 64.4 Å². The smallest absolute Gasteiger partial charge is 0.243 e. The number of fused-ring (bicyclic) bond motifs is 1. The van der Waals surface area contributed by atoms with Crippen molar-refractivity contribution in [3.05, 3.63) is 0 Å². The molecule has 0 heterocycles. The summed E-state index contributed by atoms with van der Waals surface area (Å²) in [6.07, 6.45) is 0. The lowest BCUT2D eigenvalue weighted by Gasteiger charge is -2.63. The van der Waals surface area contributed by atoms with Crippen LogP contribution in [0.2, 0.25) is 0 Å². The third-order valence-electron chi connectivity index (χ3n) is 4.93. The van der Waals surface area contributed by atoms with Crippen LogP contribution >= 0.6 is 0 Å². The fourth-order valence-corrected chi connectivity index (χ4v) is 3.24. The summed E-state index contributed by atoms with van der Waals surface area (Å²) in [6.45, 7) is 0. The van der Waals surface area contributed by atoms with Crippen LogP contribution in [0.4, 0.5) is 74.6 Å². The molecule has 19 heteroatoms. The van der Waals surface area contributed by atoms with Crippen molar-refractivity contribution in [1.82, 2.24) is 0 Å². The molecule has 0 aromatic heterocycles. The van der Waals surface area contributed by atoms with Crippen molar-refractivity contribution < 1.29 is 84.5 Å². The van der Waals surface area contributed by atoms with E-state index in [1.807, 2.05) is 0 Å². The fraction of sp³-hybridized carbons (Fsp3) is 0.909. The number of alkyl halides is 17. The molecule has 175 valence electrons. The Hall–Kier alpha value is -1.72. The summed E-state index contributed by atoms with van der Waals surface area (Å²) in [5.41, 5.74) is -25.5. The van der Waals surface area contributed by atoms with E-state index in [0.29, 0.717) is 0 Å². The summed E-state index contributed by atoms with van der Waals surface area (Å²) in [5, 5.41) is 10.5. The summed E-state index contributed by atoms with van der Waals surface area (Å²) in [4.78, 5) is 10.5. The van der Waals surface area contributed by atoms with E-state index in [1.54, 1.807) is 0 Å². The third-order valence-corrected chi connectivity index (χ3v) is 4.93. The van der Waals surface area contributed by atoms with E-state index >= 15 is 0 Å². The molecule has 2 saturated carbocycles. The molecule has 3 unspecified atom stereocenters. The molecule has 30 heavy (non-hydrogen) atoms. The van der Waals surface area contributed by atoms with E-state index in [9.17, 15) is 84.5 Å². The van der Waals surface area contributed by atoms with Crippen LogP contribution < -0.4 is 0 Å². The Bertz CT molecular complexity index is 794. The Kier molecular flexibility index (Phi) is 4.11. The van der Waals surface area contributed by atoms with Crippen molar-refractivity contribution in [2.75, 3.05) is 0 Å². The quantitative estimate of drug-likeness (QED) is 0.501. The highest BCUT2D eigenvalue weighted by Gasteiger charge is 3.15. The zero-order valence-corrected chi connectivity index (χ0v) is 12.7. The third kappa shape index (κ3) is 1.57. The van der Waals surface area contributed by atoms with Gasteiger partial charge in [0.1, 0.15) is 0 Å². The molecule has 0 spiro atoms. The van der Waals surface area contributed by atoms with Gasteiger partial charge in [0.2, 0.25) is 0 Å². The number of hydrogen-bond donors (Lipinski definition) is 0. The van der Waals surface area contributed by atoms with E-state index < -0.39 is 64.4 Å². The minimum Gasteiger partial charge on any atom is -0.243 e. The van der Waals surface area contributed by atoms with Gasteiger partial charge < -0.3 is 0 Å². The largest absolute Gasteiger partial charge is 0.402 e. The van der Waals surface area contributed by atoms with Crippen LogP contribution in [0.3, 0.4) is 0 Å². The van der Waals surface area contributed by atoms with Crippen LogP contribution in [0.1, 0.15) is 0 Å². The zero-order chi connectivity index (χ0) is 24.6. The summed E-state index contributed by atoms with van der Waals surface area (Å²) < 4.78 is 233. The van der Waals surface area contributed by atoms with Crippen molar-refractivity contribution in [1.29, 1.82) is 0 Å². The lowest BCUT2D eigenvalue weighted by atomic mass is 9.51. The number of hydrogen-bond acceptors (Lipinski definition) is 1. The molecule has 2 aliphatic carbocycles. The van der Waals surface area contributed by atoms with Crippen molar-refractivity contribution in [2.24, 2.45) is 0 Å². The standard InChI is InChI=1S/C11F17O2/c12-2(1(29)30)3(13)4(14,7(19,20)9(23,24)5(2,15)16)8(21,22)11(27,28)10(25,26)6(3,17)18. The Labute approximate surface area is 150 Å². The minimum absolute atomic E-state index is 5.14. The normalized spacial score (nSPS) is 44.0. The van der Waals surface area contributed by atoms with Crippen molar-refractivity contribution in [3.8, 4) is 0 Å². The van der Waals surface area contributed by atoms with E-state index in [1.165, 1.54) is 0 Å². The molecule has 2 rings (SSSR count). The molecule has 3 atom stereocenters. The number of carbonyl (C=O) groups is 1. The second-order valence-electron chi connectivity index (χ2n) is 6.28. The van der Waals surface area contributed by atoms with Crippen LogP contribution in [0.25, 0.3) is 0 Å². The Balaban J connectivity index is 3.34. The van der Waals surface area contributed by atoms with Gasteiger partial charge in [0.05, 0.1) is 0 Å². The van der Waals surface area contributed by atoms with Gasteiger partial charge in [0.25, 0.3) is 11.3 Å². The van der Waals surface area contributed by atoms with Crippen molar-refractivity contribution >= 4 is 5.97 Å². The maximum Gasteiger partial charge on any atom is 0.402 e. The maximum atomic E-state index is 14.6. The molecule has 0 N–H and O–H groups in total. The second kappa shape index (κ2) is 5.02. The van der Waals surface area contributed by atoms with Crippen LogP contribution in [0.15, 0.2) is 0 Å². The van der Waals surface area contributed by atoms with Crippen molar-refractivity contribution in [2.45, 2.75) is 58.5 Å². The van der Waals surface area contributed by atoms with Gasteiger partial charge in [-0.1, -0.05) is 0 Å². The van der Waals surface area contributed by atoms with Gasteiger partial charge in [-0.3, -0.25) is 0 Å². The van der Waals surface area contributed by atoms with Gasteiger partial charge >= 0.3 is 53.1 Å². The van der Waals surface area contributed by atoms with E-state index in [2.05, 4.69) is 0 Å². The van der Waals surface area contributed by atoms with Crippen molar-refractivity contribution in [3.63, 3.8) is 0 Å². The van der Waals surface area contributed by atoms with Gasteiger partial charge in [-0.05, 0) is 0 Å². The second-order valence-corrected chi connectivity index (χ2v) is 6.28. The molecule has 2 fully saturated rings. The molecule has 0 aromatic rings. The highest BCUT2D eigenvalue weighted by Crippen LogP contribution is 2.80. The molecule has 0 aromatic carbocycles. The predicted molar refractivity (Wildman–Crippen MR) is 51.8 cm³/mol. The average molecular weight is 487 g/mol. The molecular weight excluding hydrogens is 487 g/mol. The monoisotopic (exact) mass is 487 g/mol. The maximum absolute atomic E-state index is 14.6. The summed E-state index contributed by atoms with van der Waals surface area (Å²) in [5.74, 6) is -63.9. The highest BCUT2D eigenvalue weighted by molar-refractivity contribution is 5.83. The topological polar surface area (TPSA) is 37.0 Å². The van der Waals surface area contributed by atoms with Gasteiger partial charge in [-0.2, -0.15) is 61.5 Å². The highest BCUT2D eigenvalue weighted by atomic mass is 19.4. The summed E-state index contributed by atoms with van der Waals surface area (Å²) >= 11 is 0. The molecule has 0 aliphatic heterocycles. The number of carbonyl (C=O) groups excluding carboxylic acids is 1. The first-order chi connectivity index (χ1) is 12.7. The first-order valence-corrected chi connectivity index (χ1v) is 6.62. The molecular formula is C11F17O2. The predicted octanol–water partition coefficient (Wildman–Crippen LogP) is 4.54. The number of halogens is 17. The molecule has 0 amide bonds. The SMILES string of the molecule is [O]C(=O)C1(F)C(F)(F)C(F)(F)C(F)(F)C2(F)C(F)(F)C(F)(F)C(F)(F)C(F)(F)C12F. The first-order valence-electron chi connectivity index (χ1n) is 6.62. The summed E-state index contributed by atoms with van der Waals surface area (Å²) in [6, 6.07) is 0. The van der Waals surface area contributed by atoms with Gasteiger partial charge in [0.15, 0.2) is 0 Å². The fourth-order valence-electron chi connectivity index (χ4n) is 3.24. The zero-order valence-electron chi connectivity index (χ0n) is 12.7. The molecule has 0 saturated heterocycles. The Morgan fingerprint density at radius 3 is 0.867 bits per heavy atom. The summed E-state index contributed by atoms with van der Waals surface area (Å²) in [7, 11) is 0. The molecule has 2 nitrogen and oxygen atoms in total. The van der Waals surface area contributed by atoms with Gasteiger partial charge in [-0.15, -0.1) is 0 Å². The average Bonchev–Trinajstić information content (AvgIpc) is 2.55. The minimum atomic E-state index is -8.71. The lowest BCUT2D eigenvalue weighted by molar-refractivity contribution is -0.543. The molecule has 2 aliphatic rings. The van der Waals surface area contributed by atoms with Crippen LogP contribution in [0.5, 0.6) is 0 Å². The molecule has 1 radical (unpaired) electrons. The van der Waals surface area contributed by atoms with Gasteiger partial charge in [0, 0.05) is 0 Å². The Morgan fingerprint density at radius 2 is 0.600 bits per heavy atom.